The third-order valence-corrected chi connectivity index (χ3v) is 3.57. The van der Waals surface area contributed by atoms with Crippen molar-refractivity contribution in [3.63, 3.8) is 0 Å². The van der Waals surface area contributed by atoms with Gasteiger partial charge in [0.25, 0.3) is 5.91 Å². The Morgan fingerprint density at radius 2 is 1.85 bits per heavy atom. The maximum atomic E-state index is 13.5. The summed E-state index contributed by atoms with van der Waals surface area (Å²) in [5, 5.41) is 6.35. The number of carbonyl (C=O) groups excluding carboxylic acids is 2. The summed E-state index contributed by atoms with van der Waals surface area (Å²) < 4.78 is 23.8. The summed E-state index contributed by atoms with van der Waals surface area (Å²) in [4.78, 5) is 24.2. The lowest BCUT2D eigenvalue weighted by atomic mass is 10.2. The normalized spacial score (nSPS) is 10.9. The molecule has 2 amide bonds. The molecule has 142 valence electrons. The van der Waals surface area contributed by atoms with Gasteiger partial charge in [-0.3, -0.25) is 9.59 Å². The highest BCUT2D eigenvalue weighted by molar-refractivity contribution is 6.06. The van der Waals surface area contributed by atoms with Crippen LogP contribution in [0.25, 0.3) is 0 Å². The molecule has 2 rings (SSSR count). The molecule has 2 aromatic rings. The van der Waals surface area contributed by atoms with Gasteiger partial charge in [-0.25, -0.2) is 9.82 Å². The van der Waals surface area contributed by atoms with E-state index >= 15 is 0 Å². The minimum Gasteiger partial charge on any atom is -0.497 e. The van der Waals surface area contributed by atoms with Crippen molar-refractivity contribution in [1.82, 2.24) is 5.43 Å². The van der Waals surface area contributed by atoms with Gasteiger partial charge in [0.1, 0.15) is 17.3 Å². The zero-order valence-electron chi connectivity index (χ0n) is 15.2. The van der Waals surface area contributed by atoms with Crippen molar-refractivity contribution in [2.45, 2.75) is 13.3 Å². The van der Waals surface area contributed by atoms with Crippen LogP contribution in [0.15, 0.2) is 47.6 Å². The van der Waals surface area contributed by atoms with Crippen LogP contribution in [0.1, 0.15) is 23.7 Å². The van der Waals surface area contributed by atoms with Crippen LogP contribution in [0.2, 0.25) is 0 Å². The Labute approximate surface area is 156 Å². The van der Waals surface area contributed by atoms with Gasteiger partial charge in [-0.15, -0.1) is 0 Å². The second-order valence-corrected chi connectivity index (χ2v) is 5.56. The minimum absolute atomic E-state index is 0.0855. The van der Waals surface area contributed by atoms with E-state index in [1.165, 1.54) is 32.4 Å². The smallest absolute Gasteiger partial charge is 0.275 e. The SMILES string of the molecule is COc1ccc(C(=O)N/N=C(\C)CC(=O)Nc2ccccc2F)c(OC)c1. The Balaban J connectivity index is 1.97. The number of nitrogens with one attached hydrogen (secondary N) is 2. The molecule has 0 aliphatic carbocycles. The molecule has 0 spiro atoms. The number of amides is 2. The van der Waals surface area contributed by atoms with E-state index in [0.29, 0.717) is 17.2 Å². The van der Waals surface area contributed by atoms with Gasteiger partial charge in [0.15, 0.2) is 0 Å². The number of benzene rings is 2. The number of para-hydroxylation sites is 1. The summed E-state index contributed by atoms with van der Waals surface area (Å²) in [5.74, 6) is -0.591. The van der Waals surface area contributed by atoms with Crippen molar-refractivity contribution < 1.29 is 23.5 Å². The Morgan fingerprint density at radius 1 is 1.11 bits per heavy atom. The van der Waals surface area contributed by atoms with E-state index in [0.717, 1.165) is 0 Å². The topological polar surface area (TPSA) is 89.0 Å². The summed E-state index contributed by atoms with van der Waals surface area (Å²) >= 11 is 0. The second kappa shape index (κ2) is 9.33. The highest BCUT2D eigenvalue weighted by Gasteiger charge is 2.13. The molecule has 7 nitrogen and oxygen atoms in total. The molecule has 2 N–H and O–H groups in total. The van der Waals surface area contributed by atoms with Gasteiger partial charge in [-0.05, 0) is 31.2 Å². The summed E-state index contributed by atoms with van der Waals surface area (Å²) in [6.07, 6.45) is -0.103. The first-order valence-electron chi connectivity index (χ1n) is 8.04. The van der Waals surface area contributed by atoms with Crippen molar-refractivity contribution in [3.8, 4) is 11.5 Å². The molecule has 27 heavy (non-hydrogen) atoms. The monoisotopic (exact) mass is 373 g/mol. The second-order valence-electron chi connectivity index (χ2n) is 5.56. The average molecular weight is 373 g/mol. The number of carbonyl (C=O) groups is 2. The summed E-state index contributed by atoms with van der Waals surface area (Å²) in [6.45, 7) is 1.58. The molecule has 0 radical (unpaired) electrons. The number of rotatable bonds is 7. The largest absolute Gasteiger partial charge is 0.497 e. The predicted octanol–water partition coefficient (Wildman–Crippen LogP) is 2.98. The van der Waals surface area contributed by atoms with Crippen LogP contribution < -0.4 is 20.2 Å². The maximum Gasteiger partial charge on any atom is 0.275 e. The maximum absolute atomic E-state index is 13.5. The lowest BCUT2D eigenvalue weighted by Crippen LogP contribution is -2.22. The van der Waals surface area contributed by atoms with Crippen molar-refractivity contribution in [2.75, 3.05) is 19.5 Å². The summed E-state index contributed by atoms with van der Waals surface area (Å²) in [5.41, 5.74) is 3.07. The lowest BCUT2D eigenvalue weighted by Gasteiger charge is -2.09. The van der Waals surface area contributed by atoms with E-state index in [1.54, 1.807) is 31.2 Å². The van der Waals surface area contributed by atoms with Crippen LogP contribution >= 0.6 is 0 Å². The quantitative estimate of drug-likeness (QED) is 0.577. The number of halogens is 1. The number of hydrazone groups is 1. The van der Waals surface area contributed by atoms with Crippen LogP contribution in [0.4, 0.5) is 10.1 Å². The van der Waals surface area contributed by atoms with E-state index in [-0.39, 0.29) is 17.7 Å². The first-order valence-corrected chi connectivity index (χ1v) is 8.04. The van der Waals surface area contributed by atoms with Crippen LogP contribution in [0.5, 0.6) is 11.5 Å². The van der Waals surface area contributed by atoms with Gasteiger partial charge in [0, 0.05) is 11.8 Å². The Kier molecular flexibility index (Phi) is 6.87. The highest BCUT2D eigenvalue weighted by atomic mass is 19.1. The highest BCUT2D eigenvalue weighted by Crippen LogP contribution is 2.24. The lowest BCUT2D eigenvalue weighted by molar-refractivity contribution is -0.115. The van der Waals surface area contributed by atoms with Crippen LogP contribution in [0.3, 0.4) is 0 Å². The molecule has 0 bridgehead atoms. The minimum atomic E-state index is -0.527. The van der Waals surface area contributed by atoms with Crippen molar-refractivity contribution >= 4 is 23.2 Å². The number of anilines is 1. The Bertz CT molecular complexity index is 868. The average Bonchev–Trinajstić information content (AvgIpc) is 2.67. The van der Waals surface area contributed by atoms with Gasteiger partial charge >= 0.3 is 0 Å². The third kappa shape index (κ3) is 5.53. The van der Waals surface area contributed by atoms with Gasteiger partial charge in [0.05, 0.1) is 31.9 Å². The molecule has 0 unspecified atom stereocenters. The van der Waals surface area contributed by atoms with Gasteiger partial charge in [-0.1, -0.05) is 12.1 Å². The van der Waals surface area contributed by atoms with Gasteiger partial charge in [0.2, 0.25) is 5.91 Å². The standard InChI is InChI=1S/C19H20FN3O4/c1-12(10-18(24)21-16-7-5-4-6-15(16)20)22-23-19(25)14-9-8-13(26-2)11-17(14)27-3/h4-9,11H,10H2,1-3H3,(H,21,24)(H,23,25)/b22-12+. The number of methoxy groups -OCH3 is 2. The van der Waals surface area contributed by atoms with Crippen LogP contribution in [0, 0.1) is 5.82 Å². The molecule has 0 aromatic heterocycles. The molecule has 0 saturated carbocycles. The molecule has 0 atom stereocenters. The Hall–Kier alpha value is -3.42. The molecule has 2 aromatic carbocycles. The predicted molar refractivity (Wildman–Crippen MR) is 99.8 cm³/mol. The Morgan fingerprint density at radius 3 is 2.52 bits per heavy atom. The molecule has 0 aliphatic rings. The molecule has 0 heterocycles. The number of hydrogen-bond acceptors (Lipinski definition) is 5. The third-order valence-electron chi connectivity index (χ3n) is 3.57. The number of hydrogen-bond donors (Lipinski definition) is 2. The van der Waals surface area contributed by atoms with Gasteiger partial charge < -0.3 is 14.8 Å². The zero-order chi connectivity index (χ0) is 19.8. The van der Waals surface area contributed by atoms with Crippen molar-refractivity contribution in [3.05, 3.63) is 53.8 Å². The first kappa shape index (κ1) is 19.9. The summed E-state index contributed by atoms with van der Waals surface area (Å²) in [6, 6.07) is 10.6. The molecule has 0 fully saturated rings. The van der Waals surface area contributed by atoms with Gasteiger partial charge in [-0.2, -0.15) is 5.10 Å². The van der Waals surface area contributed by atoms with E-state index in [9.17, 15) is 14.0 Å². The zero-order valence-corrected chi connectivity index (χ0v) is 15.2. The molecule has 0 aliphatic heterocycles. The number of ether oxygens (including phenoxy) is 2. The van der Waals surface area contributed by atoms with Crippen molar-refractivity contribution in [1.29, 1.82) is 0 Å². The van der Waals surface area contributed by atoms with E-state index in [1.807, 2.05) is 0 Å². The van der Waals surface area contributed by atoms with Crippen LogP contribution in [-0.2, 0) is 4.79 Å². The fourth-order valence-corrected chi connectivity index (χ4v) is 2.22. The van der Waals surface area contributed by atoms with E-state index in [2.05, 4.69) is 15.8 Å². The number of nitrogens with zero attached hydrogens (tertiary/aromatic N) is 1. The van der Waals surface area contributed by atoms with Crippen molar-refractivity contribution in [2.24, 2.45) is 5.10 Å². The fourth-order valence-electron chi connectivity index (χ4n) is 2.22. The summed E-state index contributed by atoms with van der Waals surface area (Å²) in [7, 11) is 2.95. The molecule has 0 saturated heterocycles. The molecule has 8 heteroatoms. The fraction of sp³-hybridized carbons (Fsp3) is 0.211. The first-order chi connectivity index (χ1) is 12.9. The molecular weight excluding hydrogens is 353 g/mol. The van der Waals surface area contributed by atoms with E-state index in [4.69, 9.17) is 9.47 Å². The molecular formula is C19H20FN3O4. The van der Waals surface area contributed by atoms with E-state index < -0.39 is 17.6 Å². The van der Waals surface area contributed by atoms with Crippen LogP contribution in [-0.4, -0.2) is 31.7 Å².